The fourth-order valence-electron chi connectivity index (χ4n) is 2.33. The minimum absolute atomic E-state index is 0.579. The van der Waals surface area contributed by atoms with E-state index in [0.29, 0.717) is 11.1 Å². The molecule has 1 atom stereocenters. The van der Waals surface area contributed by atoms with Crippen LogP contribution in [-0.2, 0) is 0 Å². The van der Waals surface area contributed by atoms with Gasteiger partial charge in [-0.25, -0.2) is 4.98 Å². The second-order valence-electron chi connectivity index (χ2n) is 4.53. The number of aromatic nitrogens is 1. The van der Waals surface area contributed by atoms with Crippen LogP contribution >= 0.6 is 11.6 Å². The summed E-state index contributed by atoms with van der Waals surface area (Å²) in [4.78, 5) is 6.79. The van der Waals surface area contributed by atoms with E-state index in [9.17, 15) is 0 Å². The highest BCUT2D eigenvalue weighted by atomic mass is 35.5. The maximum Gasteiger partial charge on any atom is 0.128 e. The lowest BCUT2D eigenvalue weighted by atomic mass is 10.2. The first-order valence-corrected chi connectivity index (χ1v) is 6.78. The van der Waals surface area contributed by atoms with Crippen LogP contribution in [0, 0.1) is 0 Å². The Hall–Kier alpha value is -0.800. The number of rotatable bonds is 5. The van der Waals surface area contributed by atoms with E-state index in [4.69, 9.17) is 11.6 Å². The Bertz CT molecular complexity index is 339. The number of nitrogens with zero attached hydrogens (tertiary/aromatic N) is 2. The summed E-state index contributed by atoms with van der Waals surface area (Å²) in [7, 11) is 0. The van der Waals surface area contributed by atoms with Gasteiger partial charge in [0.25, 0.3) is 0 Å². The standard InChI is InChI=1S/C13H20ClN3/c1-2-7-15-10-12-4-3-8-17(12)13-6-5-11(14)9-16-13/h5-6,9,12,15H,2-4,7-8,10H2,1H3. The van der Waals surface area contributed by atoms with Gasteiger partial charge in [0.1, 0.15) is 5.82 Å². The second-order valence-corrected chi connectivity index (χ2v) is 4.96. The minimum Gasteiger partial charge on any atom is -0.352 e. The van der Waals surface area contributed by atoms with Gasteiger partial charge in [-0.15, -0.1) is 0 Å². The SMILES string of the molecule is CCCNCC1CCCN1c1ccc(Cl)cn1. The van der Waals surface area contributed by atoms with E-state index in [1.54, 1.807) is 6.20 Å². The van der Waals surface area contributed by atoms with Crippen molar-refractivity contribution in [1.29, 1.82) is 0 Å². The highest BCUT2D eigenvalue weighted by molar-refractivity contribution is 6.30. The Balaban J connectivity index is 1.96. The zero-order valence-corrected chi connectivity index (χ0v) is 11.1. The van der Waals surface area contributed by atoms with Crippen molar-refractivity contribution in [3.05, 3.63) is 23.4 Å². The van der Waals surface area contributed by atoms with Gasteiger partial charge in [0.2, 0.25) is 0 Å². The summed E-state index contributed by atoms with van der Waals surface area (Å²) < 4.78 is 0. The number of hydrogen-bond acceptors (Lipinski definition) is 3. The van der Waals surface area contributed by atoms with Crippen LogP contribution in [0.25, 0.3) is 0 Å². The average Bonchev–Trinajstić information content (AvgIpc) is 2.79. The number of hydrogen-bond donors (Lipinski definition) is 1. The zero-order valence-electron chi connectivity index (χ0n) is 10.3. The quantitative estimate of drug-likeness (QED) is 0.818. The van der Waals surface area contributed by atoms with Gasteiger partial charge in [-0.05, 0) is 37.9 Å². The molecule has 1 unspecified atom stereocenters. The lowest BCUT2D eigenvalue weighted by Crippen LogP contribution is -2.38. The Morgan fingerprint density at radius 3 is 3.12 bits per heavy atom. The molecule has 1 aliphatic heterocycles. The summed E-state index contributed by atoms with van der Waals surface area (Å²) in [5, 5.41) is 4.20. The van der Waals surface area contributed by atoms with E-state index < -0.39 is 0 Å². The summed E-state index contributed by atoms with van der Waals surface area (Å²) in [6, 6.07) is 4.51. The highest BCUT2D eigenvalue weighted by Gasteiger charge is 2.24. The van der Waals surface area contributed by atoms with Crippen molar-refractivity contribution < 1.29 is 0 Å². The molecule has 0 aromatic carbocycles. The van der Waals surface area contributed by atoms with Gasteiger partial charge in [-0.2, -0.15) is 0 Å². The van der Waals surface area contributed by atoms with Crippen molar-refractivity contribution in [3.8, 4) is 0 Å². The Morgan fingerprint density at radius 1 is 1.53 bits per heavy atom. The third kappa shape index (κ3) is 3.33. The number of halogens is 1. The maximum absolute atomic E-state index is 5.86. The van der Waals surface area contributed by atoms with Crippen LogP contribution < -0.4 is 10.2 Å². The van der Waals surface area contributed by atoms with Crippen molar-refractivity contribution in [2.45, 2.75) is 32.2 Å². The molecule has 2 rings (SSSR count). The molecule has 1 N–H and O–H groups in total. The van der Waals surface area contributed by atoms with Gasteiger partial charge in [-0.1, -0.05) is 18.5 Å². The molecule has 0 aliphatic carbocycles. The van der Waals surface area contributed by atoms with E-state index in [1.165, 1.54) is 19.3 Å². The van der Waals surface area contributed by atoms with Crippen molar-refractivity contribution in [2.75, 3.05) is 24.5 Å². The summed E-state index contributed by atoms with van der Waals surface area (Å²) in [6.07, 6.45) is 5.42. The monoisotopic (exact) mass is 253 g/mol. The molecule has 0 saturated carbocycles. The van der Waals surface area contributed by atoms with Gasteiger partial charge < -0.3 is 10.2 Å². The largest absolute Gasteiger partial charge is 0.352 e. The van der Waals surface area contributed by atoms with E-state index in [-0.39, 0.29) is 0 Å². The number of nitrogens with one attached hydrogen (secondary N) is 1. The van der Waals surface area contributed by atoms with E-state index in [1.807, 2.05) is 12.1 Å². The van der Waals surface area contributed by atoms with Gasteiger partial charge in [0.15, 0.2) is 0 Å². The third-order valence-corrected chi connectivity index (χ3v) is 3.41. The van der Waals surface area contributed by atoms with Crippen molar-refractivity contribution >= 4 is 17.4 Å². The predicted octanol–water partition coefficient (Wildman–Crippen LogP) is 2.70. The highest BCUT2D eigenvalue weighted by Crippen LogP contribution is 2.24. The molecule has 1 aliphatic rings. The maximum atomic E-state index is 5.86. The summed E-state index contributed by atoms with van der Waals surface area (Å²) in [6.45, 7) is 5.45. The summed E-state index contributed by atoms with van der Waals surface area (Å²) in [5.74, 6) is 1.05. The molecule has 4 heteroatoms. The summed E-state index contributed by atoms with van der Waals surface area (Å²) in [5.41, 5.74) is 0. The van der Waals surface area contributed by atoms with Crippen LogP contribution in [0.2, 0.25) is 5.02 Å². The van der Waals surface area contributed by atoms with E-state index >= 15 is 0 Å². The van der Waals surface area contributed by atoms with Gasteiger partial charge >= 0.3 is 0 Å². The fraction of sp³-hybridized carbons (Fsp3) is 0.615. The first-order chi connectivity index (χ1) is 8.31. The molecule has 17 heavy (non-hydrogen) atoms. The molecule has 1 aromatic heterocycles. The van der Waals surface area contributed by atoms with Crippen LogP contribution in [0.1, 0.15) is 26.2 Å². The number of anilines is 1. The smallest absolute Gasteiger partial charge is 0.128 e. The van der Waals surface area contributed by atoms with Crippen molar-refractivity contribution in [1.82, 2.24) is 10.3 Å². The first-order valence-electron chi connectivity index (χ1n) is 6.40. The normalized spacial score (nSPS) is 19.9. The molecular formula is C13H20ClN3. The molecule has 1 fully saturated rings. The van der Waals surface area contributed by atoms with Gasteiger partial charge in [-0.3, -0.25) is 0 Å². The van der Waals surface area contributed by atoms with Gasteiger partial charge in [0.05, 0.1) is 5.02 Å². The Morgan fingerprint density at radius 2 is 2.41 bits per heavy atom. The molecule has 0 spiro atoms. The molecule has 0 bridgehead atoms. The fourth-order valence-corrected chi connectivity index (χ4v) is 2.44. The van der Waals surface area contributed by atoms with Gasteiger partial charge in [0, 0.05) is 25.3 Å². The molecule has 1 saturated heterocycles. The average molecular weight is 254 g/mol. The molecule has 2 heterocycles. The van der Waals surface area contributed by atoms with Crippen LogP contribution in [0.4, 0.5) is 5.82 Å². The van der Waals surface area contributed by atoms with E-state index in [0.717, 1.165) is 25.5 Å². The molecule has 1 aromatic rings. The first kappa shape index (κ1) is 12.7. The van der Waals surface area contributed by atoms with Crippen LogP contribution in [-0.4, -0.2) is 30.7 Å². The zero-order chi connectivity index (χ0) is 12.1. The van der Waals surface area contributed by atoms with Crippen molar-refractivity contribution in [2.24, 2.45) is 0 Å². The summed E-state index contributed by atoms with van der Waals surface area (Å²) >= 11 is 5.86. The molecule has 3 nitrogen and oxygen atoms in total. The molecule has 94 valence electrons. The lowest BCUT2D eigenvalue weighted by Gasteiger charge is -2.26. The topological polar surface area (TPSA) is 28.2 Å². The van der Waals surface area contributed by atoms with Crippen molar-refractivity contribution in [3.63, 3.8) is 0 Å². The third-order valence-electron chi connectivity index (χ3n) is 3.19. The minimum atomic E-state index is 0.579. The Labute approximate surface area is 108 Å². The van der Waals surface area contributed by atoms with Crippen LogP contribution in [0.15, 0.2) is 18.3 Å². The predicted molar refractivity (Wildman–Crippen MR) is 72.8 cm³/mol. The Kier molecular flexibility index (Phi) is 4.63. The van der Waals surface area contributed by atoms with E-state index in [2.05, 4.69) is 22.1 Å². The second kappa shape index (κ2) is 6.22. The van der Waals surface area contributed by atoms with Crippen LogP contribution in [0.5, 0.6) is 0 Å². The van der Waals surface area contributed by atoms with Crippen LogP contribution in [0.3, 0.4) is 0 Å². The molecule has 0 radical (unpaired) electrons. The lowest BCUT2D eigenvalue weighted by molar-refractivity contribution is 0.568. The molecule has 0 amide bonds. The molecular weight excluding hydrogens is 234 g/mol. The number of pyridine rings is 1.